The summed E-state index contributed by atoms with van der Waals surface area (Å²) in [4.78, 5) is 55.5. The Morgan fingerprint density at radius 1 is 1.08 bits per heavy atom. The van der Waals surface area contributed by atoms with E-state index < -0.39 is 11.1 Å². The first kappa shape index (κ1) is 21.5. The minimum Gasteiger partial charge on any atom is -0.325 e. The number of hydrogen-bond acceptors (Lipinski definition) is 5. The van der Waals surface area contributed by atoms with Crippen molar-refractivity contribution in [1.29, 1.82) is 0 Å². The second-order valence-electron chi connectivity index (χ2n) is 10.0. The van der Waals surface area contributed by atoms with Gasteiger partial charge in [-0.1, -0.05) is 12.1 Å². The summed E-state index contributed by atoms with van der Waals surface area (Å²) < 4.78 is 2.81. The van der Waals surface area contributed by atoms with Crippen LogP contribution in [0.4, 0.5) is 17.2 Å². The highest BCUT2D eigenvalue weighted by molar-refractivity contribution is 6.06. The molecule has 0 radical (unpaired) electrons. The minimum absolute atomic E-state index is 0.0567. The van der Waals surface area contributed by atoms with Gasteiger partial charge in [0.05, 0.1) is 22.1 Å². The van der Waals surface area contributed by atoms with Gasteiger partial charge in [0.15, 0.2) is 0 Å². The maximum Gasteiger partial charge on any atom is 0.330 e. The van der Waals surface area contributed by atoms with Gasteiger partial charge in [0, 0.05) is 17.4 Å². The van der Waals surface area contributed by atoms with E-state index in [2.05, 4.69) is 20.9 Å². The fourth-order valence-electron chi connectivity index (χ4n) is 6.01. The lowest BCUT2D eigenvalue weighted by Gasteiger charge is -2.20. The van der Waals surface area contributed by atoms with Crippen molar-refractivity contribution >= 4 is 45.9 Å². The number of nitrogens with one attached hydrogen (secondary N) is 3. The van der Waals surface area contributed by atoms with Gasteiger partial charge in [0.1, 0.15) is 18.9 Å². The van der Waals surface area contributed by atoms with Crippen molar-refractivity contribution in [2.45, 2.75) is 38.3 Å². The summed E-state index contributed by atoms with van der Waals surface area (Å²) in [5.74, 6) is -0.0750. The van der Waals surface area contributed by atoms with Crippen LogP contribution in [-0.2, 0) is 45.7 Å². The van der Waals surface area contributed by atoms with Crippen molar-refractivity contribution in [3.63, 3.8) is 0 Å². The van der Waals surface area contributed by atoms with E-state index in [9.17, 15) is 19.2 Å². The SMILES string of the molecule is Cc1cc2c3c(c1)n(CC(=O)Nc1ccc4c(c1)CC1(C4)C(=O)Nc4ncccc41)c(=O)n3CC(=O)N2. The van der Waals surface area contributed by atoms with Crippen LogP contribution in [0.25, 0.3) is 11.0 Å². The number of rotatable bonds is 3. The first-order valence-corrected chi connectivity index (χ1v) is 12.0. The number of carbonyl (C=O) groups excluding carboxylic acids is 3. The summed E-state index contributed by atoms with van der Waals surface area (Å²) in [6.07, 6.45) is 2.76. The summed E-state index contributed by atoms with van der Waals surface area (Å²) in [7, 11) is 0. The number of aryl methyl sites for hydroxylation is 1. The highest BCUT2D eigenvalue weighted by atomic mass is 16.2. The van der Waals surface area contributed by atoms with Crippen LogP contribution < -0.4 is 21.6 Å². The zero-order valence-electron chi connectivity index (χ0n) is 19.9. The Morgan fingerprint density at radius 3 is 2.78 bits per heavy atom. The Kier molecular flexibility index (Phi) is 4.30. The number of pyridine rings is 1. The Hall–Kier alpha value is -4.73. The van der Waals surface area contributed by atoms with E-state index in [-0.39, 0.29) is 30.8 Å². The second-order valence-corrected chi connectivity index (χ2v) is 10.0. The molecule has 0 saturated carbocycles. The third kappa shape index (κ3) is 3.08. The molecule has 3 amide bonds. The Morgan fingerprint density at radius 2 is 1.92 bits per heavy atom. The molecule has 2 aliphatic heterocycles. The van der Waals surface area contributed by atoms with Gasteiger partial charge in [-0.3, -0.25) is 23.5 Å². The average Bonchev–Trinajstić information content (AvgIpc) is 3.46. The lowest BCUT2D eigenvalue weighted by atomic mass is 9.79. The Labute approximate surface area is 210 Å². The molecule has 0 fully saturated rings. The van der Waals surface area contributed by atoms with Crippen molar-refractivity contribution in [3.8, 4) is 0 Å². The zero-order valence-corrected chi connectivity index (χ0v) is 19.9. The maximum atomic E-state index is 13.1. The van der Waals surface area contributed by atoms with Gasteiger partial charge in [-0.2, -0.15) is 0 Å². The molecule has 7 rings (SSSR count). The van der Waals surface area contributed by atoms with Crippen LogP contribution in [-0.4, -0.2) is 31.8 Å². The summed E-state index contributed by atoms with van der Waals surface area (Å²) in [5, 5.41) is 8.61. The van der Waals surface area contributed by atoms with E-state index >= 15 is 0 Å². The van der Waals surface area contributed by atoms with Crippen molar-refractivity contribution in [2.75, 3.05) is 16.0 Å². The molecule has 4 aromatic rings. The summed E-state index contributed by atoms with van der Waals surface area (Å²) >= 11 is 0. The van der Waals surface area contributed by atoms with E-state index in [1.807, 2.05) is 49.4 Å². The summed E-state index contributed by atoms with van der Waals surface area (Å²) in [5.41, 5.74) is 5.13. The number of fused-ring (bicyclic) bond motifs is 3. The predicted molar refractivity (Wildman–Crippen MR) is 137 cm³/mol. The van der Waals surface area contributed by atoms with Crippen molar-refractivity contribution in [3.05, 3.63) is 81.4 Å². The summed E-state index contributed by atoms with van der Waals surface area (Å²) in [6, 6.07) is 13.1. The normalized spacial score (nSPS) is 19.1. The molecule has 10 heteroatoms. The quantitative estimate of drug-likeness (QED) is 0.402. The Balaban J connectivity index is 1.16. The minimum atomic E-state index is -0.684. The first-order chi connectivity index (χ1) is 17.8. The van der Waals surface area contributed by atoms with Crippen LogP contribution in [0.3, 0.4) is 0 Å². The number of benzene rings is 2. The molecule has 37 heavy (non-hydrogen) atoms. The summed E-state index contributed by atoms with van der Waals surface area (Å²) in [6.45, 7) is 1.60. The largest absolute Gasteiger partial charge is 0.330 e. The number of nitrogens with zero attached hydrogens (tertiary/aromatic N) is 3. The topological polar surface area (TPSA) is 127 Å². The molecular weight excluding hydrogens is 472 g/mol. The molecule has 1 atom stereocenters. The number of hydrogen-bond donors (Lipinski definition) is 3. The van der Waals surface area contributed by atoms with Crippen LogP contribution in [0.15, 0.2) is 53.5 Å². The number of carbonyl (C=O) groups is 3. The van der Waals surface area contributed by atoms with Crippen LogP contribution in [0, 0.1) is 6.92 Å². The number of imidazole rings is 1. The number of aromatic nitrogens is 3. The number of anilines is 3. The van der Waals surface area contributed by atoms with Crippen LogP contribution in [0.1, 0.15) is 22.3 Å². The molecule has 10 nitrogen and oxygen atoms in total. The van der Waals surface area contributed by atoms with Crippen molar-refractivity contribution in [2.24, 2.45) is 0 Å². The molecule has 1 aliphatic carbocycles. The molecule has 184 valence electrons. The highest BCUT2D eigenvalue weighted by Gasteiger charge is 2.51. The van der Waals surface area contributed by atoms with E-state index in [0.717, 1.165) is 22.3 Å². The van der Waals surface area contributed by atoms with E-state index in [0.29, 0.717) is 41.1 Å². The fraction of sp³-hybridized carbons (Fsp3) is 0.222. The van der Waals surface area contributed by atoms with Gasteiger partial charge in [0.25, 0.3) is 0 Å². The standard InChI is InChI=1S/C27H22N6O4/c1-14-7-19-23-20(8-14)32(26(37)33(23)13-22(35)30-19)12-21(34)29-17-5-4-15-10-27(11-16(15)9-17)18-3-2-6-28-24(18)31-25(27)36/h2-9H,10-13H2,1H3,(H,29,34)(H,30,35)(H,28,31,36). The Bertz CT molecular complexity index is 1770. The van der Waals surface area contributed by atoms with Gasteiger partial charge in [-0.15, -0.1) is 0 Å². The van der Waals surface area contributed by atoms with Crippen molar-refractivity contribution < 1.29 is 14.4 Å². The predicted octanol–water partition coefficient (Wildman–Crippen LogP) is 2.09. The van der Waals surface area contributed by atoms with Crippen LogP contribution >= 0.6 is 0 Å². The van der Waals surface area contributed by atoms with Gasteiger partial charge >= 0.3 is 5.69 Å². The third-order valence-corrected chi connectivity index (χ3v) is 7.60. The smallest absolute Gasteiger partial charge is 0.325 e. The molecule has 1 unspecified atom stereocenters. The highest BCUT2D eigenvalue weighted by Crippen LogP contribution is 2.46. The molecule has 3 aliphatic rings. The third-order valence-electron chi connectivity index (χ3n) is 7.60. The lowest BCUT2D eigenvalue weighted by Crippen LogP contribution is -2.35. The zero-order chi connectivity index (χ0) is 25.5. The second kappa shape index (κ2) is 7.39. The molecule has 2 aromatic heterocycles. The van der Waals surface area contributed by atoms with Crippen LogP contribution in [0.2, 0.25) is 0 Å². The lowest BCUT2D eigenvalue weighted by molar-refractivity contribution is -0.120. The number of amides is 3. The average molecular weight is 495 g/mol. The molecule has 3 N–H and O–H groups in total. The monoisotopic (exact) mass is 494 g/mol. The van der Waals surface area contributed by atoms with Gasteiger partial charge in [-0.25, -0.2) is 9.78 Å². The molecular formula is C27H22N6O4. The first-order valence-electron chi connectivity index (χ1n) is 12.0. The van der Waals surface area contributed by atoms with Gasteiger partial charge in [-0.05, 0) is 66.8 Å². The molecule has 2 aromatic carbocycles. The molecule has 0 bridgehead atoms. The van der Waals surface area contributed by atoms with Crippen molar-refractivity contribution in [1.82, 2.24) is 14.1 Å². The fourth-order valence-corrected chi connectivity index (χ4v) is 6.01. The molecule has 1 spiro atoms. The van der Waals surface area contributed by atoms with Gasteiger partial charge < -0.3 is 16.0 Å². The van der Waals surface area contributed by atoms with Crippen LogP contribution in [0.5, 0.6) is 0 Å². The van der Waals surface area contributed by atoms with E-state index in [1.54, 1.807) is 6.20 Å². The maximum absolute atomic E-state index is 13.1. The molecule has 0 saturated heterocycles. The van der Waals surface area contributed by atoms with E-state index in [4.69, 9.17) is 0 Å². The van der Waals surface area contributed by atoms with E-state index in [1.165, 1.54) is 9.13 Å². The van der Waals surface area contributed by atoms with Gasteiger partial charge in [0.2, 0.25) is 17.7 Å². The molecule has 4 heterocycles.